The molecule has 0 aromatic rings. The van der Waals surface area contributed by atoms with Gasteiger partial charge < -0.3 is 16.2 Å². The number of hydrogen-bond acceptors (Lipinski definition) is 3. The number of carbonyl (C=O) groups excluding carboxylic acids is 1. The molecule has 84 valence electrons. The molecular formula is C10H22N2O2. The minimum Gasteiger partial charge on any atom is -0.394 e. The number of rotatable bonds is 6. The van der Waals surface area contributed by atoms with Crippen molar-refractivity contribution in [2.24, 2.45) is 11.7 Å². The summed E-state index contributed by atoms with van der Waals surface area (Å²) in [6, 6.07) is -0.628. The largest absolute Gasteiger partial charge is 0.394 e. The van der Waals surface area contributed by atoms with E-state index in [2.05, 4.69) is 5.32 Å². The number of carbonyl (C=O) groups is 1. The number of nitrogens with two attached hydrogens (primary N) is 1. The number of amides is 1. The third-order valence-electron chi connectivity index (χ3n) is 2.12. The highest BCUT2D eigenvalue weighted by molar-refractivity contribution is 5.81. The van der Waals surface area contributed by atoms with E-state index in [-0.39, 0.29) is 18.6 Å². The van der Waals surface area contributed by atoms with Gasteiger partial charge in [-0.3, -0.25) is 4.79 Å². The molecule has 0 aliphatic rings. The lowest BCUT2D eigenvalue weighted by atomic mass is 10.0. The van der Waals surface area contributed by atoms with E-state index in [4.69, 9.17) is 10.8 Å². The zero-order valence-corrected chi connectivity index (χ0v) is 9.29. The Morgan fingerprint density at radius 2 is 2.07 bits per heavy atom. The minimum atomic E-state index is -0.462. The Kier molecular flexibility index (Phi) is 6.49. The number of aliphatic hydroxyl groups is 1. The number of aliphatic hydroxyl groups excluding tert-OH is 1. The third kappa shape index (κ3) is 5.19. The van der Waals surface area contributed by atoms with Crippen LogP contribution in [-0.4, -0.2) is 29.7 Å². The first-order valence-corrected chi connectivity index (χ1v) is 5.18. The first-order chi connectivity index (χ1) is 6.51. The maximum absolute atomic E-state index is 11.5. The van der Waals surface area contributed by atoms with Gasteiger partial charge in [0.25, 0.3) is 0 Å². The molecule has 0 radical (unpaired) electrons. The van der Waals surface area contributed by atoms with Crippen LogP contribution in [0.4, 0.5) is 0 Å². The Morgan fingerprint density at radius 3 is 2.43 bits per heavy atom. The zero-order chi connectivity index (χ0) is 11.1. The molecule has 1 amide bonds. The van der Waals surface area contributed by atoms with E-state index in [1.807, 2.05) is 20.8 Å². The van der Waals surface area contributed by atoms with Gasteiger partial charge in [-0.2, -0.15) is 0 Å². The van der Waals surface area contributed by atoms with E-state index >= 15 is 0 Å². The topological polar surface area (TPSA) is 75.3 Å². The van der Waals surface area contributed by atoms with Crippen molar-refractivity contribution >= 4 is 5.91 Å². The van der Waals surface area contributed by atoms with Crippen LogP contribution in [0.1, 0.15) is 33.6 Å². The van der Waals surface area contributed by atoms with E-state index < -0.39 is 6.04 Å². The first-order valence-electron chi connectivity index (χ1n) is 5.18. The van der Waals surface area contributed by atoms with Gasteiger partial charge in [0, 0.05) is 0 Å². The summed E-state index contributed by atoms with van der Waals surface area (Å²) < 4.78 is 0. The van der Waals surface area contributed by atoms with Crippen molar-refractivity contribution in [3.8, 4) is 0 Å². The zero-order valence-electron chi connectivity index (χ0n) is 9.29. The molecule has 2 unspecified atom stereocenters. The lowest BCUT2D eigenvalue weighted by Crippen LogP contribution is -2.46. The van der Waals surface area contributed by atoms with Gasteiger partial charge in [-0.25, -0.2) is 0 Å². The van der Waals surface area contributed by atoms with Gasteiger partial charge in [-0.15, -0.1) is 0 Å². The summed E-state index contributed by atoms with van der Waals surface area (Å²) in [5.41, 5.74) is 5.68. The van der Waals surface area contributed by atoms with Crippen LogP contribution in [0.2, 0.25) is 0 Å². The molecule has 0 heterocycles. The molecule has 14 heavy (non-hydrogen) atoms. The Hall–Kier alpha value is -0.610. The van der Waals surface area contributed by atoms with Gasteiger partial charge in [-0.1, -0.05) is 20.8 Å². The quantitative estimate of drug-likeness (QED) is 0.578. The van der Waals surface area contributed by atoms with Crippen molar-refractivity contribution in [1.82, 2.24) is 5.32 Å². The Balaban J connectivity index is 3.93. The molecular weight excluding hydrogens is 180 g/mol. The van der Waals surface area contributed by atoms with E-state index in [9.17, 15) is 4.79 Å². The van der Waals surface area contributed by atoms with Crippen molar-refractivity contribution in [2.75, 3.05) is 6.61 Å². The lowest BCUT2D eigenvalue weighted by Gasteiger charge is -2.18. The molecule has 0 spiro atoms. The molecule has 0 bridgehead atoms. The average molecular weight is 202 g/mol. The van der Waals surface area contributed by atoms with E-state index in [1.54, 1.807) is 0 Å². The molecule has 0 saturated carbocycles. The first kappa shape index (κ1) is 13.4. The highest BCUT2D eigenvalue weighted by Gasteiger charge is 2.17. The molecule has 0 fully saturated rings. The Morgan fingerprint density at radius 1 is 1.50 bits per heavy atom. The Labute approximate surface area is 85.9 Å². The van der Waals surface area contributed by atoms with Crippen molar-refractivity contribution in [2.45, 2.75) is 45.7 Å². The molecule has 4 heteroatoms. The maximum Gasteiger partial charge on any atom is 0.237 e. The van der Waals surface area contributed by atoms with Crippen LogP contribution in [0, 0.1) is 5.92 Å². The van der Waals surface area contributed by atoms with Crippen LogP contribution in [0.15, 0.2) is 0 Å². The Bertz CT molecular complexity index is 168. The van der Waals surface area contributed by atoms with Crippen LogP contribution in [-0.2, 0) is 4.79 Å². The fraction of sp³-hybridized carbons (Fsp3) is 0.900. The lowest BCUT2D eigenvalue weighted by molar-refractivity contribution is -0.123. The number of nitrogens with one attached hydrogen (secondary N) is 1. The molecule has 4 N–H and O–H groups in total. The van der Waals surface area contributed by atoms with Crippen LogP contribution < -0.4 is 11.1 Å². The second kappa shape index (κ2) is 6.79. The van der Waals surface area contributed by atoms with Crippen molar-refractivity contribution < 1.29 is 9.90 Å². The summed E-state index contributed by atoms with van der Waals surface area (Å²) in [4.78, 5) is 11.5. The van der Waals surface area contributed by atoms with E-state index in [1.165, 1.54) is 0 Å². The highest BCUT2D eigenvalue weighted by atomic mass is 16.3. The van der Waals surface area contributed by atoms with Crippen LogP contribution in [0.25, 0.3) is 0 Å². The summed E-state index contributed by atoms with van der Waals surface area (Å²) in [7, 11) is 0. The normalized spacial score (nSPS) is 15.3. The molecule has 0 aliphatic carbocycles. The van der Waals surface area contributed by atoms with Crippen molar-refractivity contribution in [3.63, 3.8) is 0 Å². The maximum atomic E-state index is 11.5. The highest BCUT2D eigenvalue weighted by Crippen LogP contribution is 2.03. The van der Waals surface area contributed by atoms with Crippen molar-refractivity contribution in [3.05, 3.63) is 0 Å². The molecule has 0 aromatic heterocycles. The predicted molar refractivity (Wildman–Crippen MR) is 56.7 cm³/mol. The van der Waals surface area contributed by atoms with Gasteiger partial charge in [0.1, 0.15) is 0 Å². The fourth-order valence-corrected chi connectivity index (χ4v) is 1.20. The summed E-state index contributed by atoms with van der Waals surface area (Å²) in [6.07, 6.45) is 1.39. The van der Waals surface area contributed by atoms with Gasteiger partial charge >= 0.3 is 0 Å². The molecule has 0 saturated heterocycles. The second-order valence-corrected chi connectivity index (χ2v) is 4.03. The molecule has 0 aliphatic heterocycles. The standard InChI is InChI=1S/C10H22N2O2/c1-4-8(6-13)12-10(14)9(11)5-7(2)3/h7-9,13H,4-6,11H2,1-3H3,(H,12,14). The summed E-state index contributed by atoms with van der Waals surface area (Å²) in [5.74, 6) is 0.240. The van der Waals surface area contributed by atoms with Crippen LogP contribution in [0.3, 0.4) is 0 Å². The van der Waals surface area contributed by atoms with Gasteiger partial charge in [0.05, 0.1) is 18.7 Å². The van der Waals surface area contributed by atoms with Crippen molar-refractivity contribution in [1.29, 1.82) is 0 Å². The van der Waals surface area contributed by atoms with Crippen LogP contribution >= 0.6 is 0 Å². The molecule has 0 aromatic carbocycles. The molecule has 4 nitrogen and oxygen atoms in total. The molecule has 0 rings (SSSR count). The average Bonchev–Trinajstić information content (AvgIpc) is 2.12. The second-order valence-electron chi connectivity index (χ2n) is 4.03. The monoisotopic (exact) mass is 202 g/mol. The summed E-state index contributed by atoms with van der Waals surface area (Å²) >= 11 is 0. The van der Waals surface area contributed by atoms with Crippen LogP contribution in [0.5, 0.6) is 0 Å². The SMILES string of the molecule is CCC(CO)NC(=O)C(N)CC(C)C. The predicted octanol–water partition coefficient (Wildman–Crippen LogP) is 0.247. The van der Waals surface area contributed by atoms with E-state index in [0.29, 0.717) is 12.3 Å². The minimum absolute atomic E-state index is 0.0311. The summed E-state index contributed by atoms with van der Waals surface area (Å²) in [5, 5.41) is 11.6. The summed E-state index contributed by atoms with van der Waals surface area (Å²) in [6.45, 7) is 5.93. The van der Waals surface area contributed by atoms with Gasteiger partial charge in [0.2, 0.25) is 5.91 Å². The third-order valence-corrected chi connectivity index (χ3v) is 2.12. The molecule has 2 atom stereocenters. The number of hydrogen-bond donors (Lipinski definition) is 3. The van der Waals surface area contributed by atoms with E-state index in [0.717, 1.165) is 6.42 Å². The van der Waals surface area contributed by atoms with Gasteiger partial charge in [0.15, 0.2) is 0 Å². The fourth-order valence-electron chi connectivity index (χ4n) is 1.20. The van der Waals surface area contributed by atoms with Gasteiger partial charge in [-0.05, 0) is 18.8 Å². The smallest absolute Gasteiger partial charge is 0.237 e.